The van der Waals surface area contributed by atoms with Crippen molar-refractivity contribution in [3.05, 3.63) is 22.7 Å². The maximum Gasteiger partial charge on any atom is 0.148 e. The fourth-order valence-corrected chi connectivity index (χ4v) is 1.28. The van der Waals surface area contributed by atoms with Crippen molar-refractivity contribution < 1.29 is 4.74 Å². The van der Waals surface area contributed by atoms with Crippen LogP contribution in [0.15, 0.2) is 22.7 Å². The second-order valence-electron chi connectivity index (χ2n) is 2.21. The highest BCUT2D eigenvalue weighted by Crippen LogP contribution is 2.22. The molecule has 0 aromatic heterocycles. The second-order valence-corrected chi connectivity index (χ2v) is 3.13. The summed E-state index contributed by atoms with van der Waals surface area (Å²) in [6.45, 7) is 0.260. The molecular weight excluding hydrogens is 218 g/mol. The van der Waals surface area contributed by atoms with Crippen molar-refractivity contribution in [2.75, 3.05) is 12.3 Å². The van der Waals surface area contributed by atoms with E-state index in [9.17, 15) is 0 Å². The van der Waals surface area contributed by atoms with Gasteiger partial charge >= 0.3 is 0 Å². The van der Waals surface area contributed by atoms with Crippen molar-refractivity contribution in [3.8, 4) is 18.1 Å². The van der Waals surface area contributed by atoms with Crippen LogP contribution in [0.4, 0.5) is 5.69 Å². The van der Waals surface area contributed by atoms with Crippen molar-refractivity contribution in [2.45, 2.75) is 0 Å². The summed E-state index contributed by atoms with van der Waals surface area (Å²) in [6.07, 6.45) is 5.03. The van der Waals surface area contributed by atoms with E-state index in [2.05, 4.69) is 21.9 Å². The Kier molecular flexibility index (Phi) is 3.01. The molecule has 12 heavy (non-hydrogen) atoms. The first-order chi connectivity index (χ1) is 5.72. The average molecular weight is 226 g/mol. The molecule has 0 aliphatic rings. The van der Waals surface area contributed by atoms with Crippen molar-refractivity contribution >= 4 is 21.6 Å². The Balaban J connectivity index is 2.80. The van der Waals surface area contributed by atoms with Crippen molar-refractivity contribution in [3.63, 3.8) is 0 Å². The minimum atomic E-state index is 0.260. The Morgan fingerprint density at radius 1 is 1.50 bits per heavy atom. The summed E-state index contributed by atoms with van der Waals surface area (Å²) < 4.78 is 6.05. The molecule has 1 aromatic carbocycles. The summed E-state index contributed by atoms with van der Waals surface area (Å²) >= 11 is 3.29. The monoisotopic (exact) mass is 225 g/mol. The van der Waals surface area contributed by atoms with Crippen LogP contribution in [0.25, 0.3) is 0 Å². The number of nitrogens with two attached hydrogens (primary N) is 1. The van der Waals surface area contributed by atoms with Gasteiger partial charge in [0.15, 0.2) is 0 Å². The summed E-state index contributed by atoms with van der Waals surface area (Å²) in [6, 6.07) is 5.33. The van der Waals surface area contributed by atoms with Gasteiger partial charge in [-0.15, -0.1) is 6.42 Å². The summed E-state index contributed by atoms with van der Waals surface area (Å²) in [5.74, 6) is 3.06. The Morgan fingerprint density at radius 3 is 2.83 bits per heavy atom. The first kappa shape index (κ1) is 8.95. The normalized spacial score (nSPS) is 9.00. The zero-order valence-corrected chi connectivity index (χ0v) is 7.97. The van der Waals surface area contributed by atoms with Crippen molar-refractivity contribution in [2.24, 2.45) is 0 Å². The molecule has 0 saturated carbocycles. The minimum Gasteiger partial charge on any atom is -0.481 e. The Labute approximate surface area is 79.8 Å². The van der Waals surface area contributed by atoms with Gasteiger partial charge in [-0.05, 0) is 12.1 Å². The van der Waals surface area contributed by atoms with Crippen LogP contribution in [-0.2, 0) is 0 Å². The molecule has 0 aliphatic carbocycles. The lowest BCUT2D eigenvalue weighted by atomic mass is 10.3. The van der Waals surface area contributed by atoms with Crippen molar-refractivity contribution in [1.82, 2.24) is 0 Å². The van der Waals surface area contributed by atoms with Gasteiger partial charge in [0.25, 0.3) is 0 Å². The van der Waals surface area contributed by atoms with Crippen LogP contribution in [0.2, 0.25) is 0 Å². The molecule has 1 aromatic rings. The third-order valence-electron chi connectivity index (χ3n) is 1.22. The second kappa shape index (κ2) is 4.03. The highest BCUT2D eigenvalue weighted by atomic mass is 79.9. The number of rotatable bonds is 2. The molecular formula is C9H8BrNO. The van der Waals surface area contributed by atoms with Crippen LogP contribution < -0.4 is 10.5 Å². The zero-order valence-electron chi connectivity index (χ0n) is 6.38. The number of benzene rings is 1. The molecule has 2 nitrogen and oxygen atoms in total. The van der Waals surface area contributed by atoms with Gasteiger partial charge in [0.2, 0.25) is 0 Å². The Morgan fingerprint density at radius 2 is 2.25 bits per heavy atom. The van der Waals surface area contributed by atoms with E-state index in [4.69, 9.17) is 16.9 Å². The van der Waals surface area contributed by atoms with Gasteiger partial charge in [0.1, 0.15) is 12.4 Å². The molecule has 2 N–H and O–H groups in total. The molecule has 0 fully saturated rings. The molecule has 0 atom stereocenters. The fraction of sp³-hybridized carbons (Fsp3) is 0.111. The van der Waals surface area contributed by atoms with Gasteiger partial charge in [-0.2, -0.15) is 0 Å². The van der Waals surface area contributed by atoms with E-state index in [0.29, 0.717) is 11.4 Å². The molecule has 0 amide bonds. The Bertz CT molecular complexity index is 297. The number of hydrogen-bond donors (Lipinski definition) is 1. The van der Waals surface area contributed by atoms with Gasteiger partial charge < -0.3 is 10.5 Å². The van der Waals surface area contributed by atoms with Crippen LogP contribution in [-0.4, -0.2) is 6.61 Å². The van der Waals surface area contributed by atoms with E-state index in [1.807, 2.05) is 6.07 Å². The number of ether oxygens (including phenoxy) is 1. The minimum absolute atomic E-state index is 0.260. The zero-order chi connectivity index (χ0) is 8.97. The molecule has 0 aliphatic heterocycles. The maximum absolute atomic E-state index is 5.57. The summed E-state index contributed by atoms with van der Waals surface area (Å²) in [5.41, 5.74) is 6.22. The largest absolute Gasteiger partial charge is 0.481 e. The SMILES string of the molecule is C#CCOc1cc(N)cc(Br)c1. The third kappa shape index (κ3) is 2.48. The van der Waals surface area contributed by atoms with Crippen LogP contribution in [0.1, 0.15) is 0 Å². The number of nitrogen functional groups attached to an aromatic ring is 1. The molecule has 1 rings (SSSR count). The number of anilines is 1. The maximum atomic E-state index is 5.57. The van der Waals surface area contributed by atoms with Gasteiger partial charge in [-0.25, -0.2) is 0 Å². The highest BCUT2D eigenvalue weighted by Gasteiger charge is 1.96. The summed E-state index contributed by atoms with van der Waals surface area (Å²) in [7, 11) is 0. The standard InChI is InChI=1S/C9H8BrNO/c1-2-3-12-9-5-7(10)4-8(11)6-9/h1,4-6H,3,11H2. The van der Waals surface area contributed by atoms with Crippen LogP contribution >= 0.6 is 15.9 Å². The van der Waals surface area contributed by atoms with E-state index in [0.717, 1.165) is 4.47 Å². The van der Waals surface area contributed by atoms with E-state index in [1.54, 1.807) is 12.1 Å². The predicted octanol–water partition coefficient (Wildman–Crippen LogP) is 2.04. The van der Waals surface area contributed by atoms with Gasteiger partial charge in [0, 0.05) is 16.2 Å². The van der Waals surface area contributed by atoms with Crippen LogP contribution in [0, 0.1) is 12.3 Å². The molecule has 0 spiro atoms. The fourth-order valence-electron chi connectivity index (χ4n) is 0.793. The lowest BCUT2D eigenvalue weighted by Gasteiger charge is -2.03. The van der Waals surface area contributed by atoms with Crippen molar-refractivity contribution in [1.29, 1.82) is 0 Å². The van der Waals surface area contributed by atoms with Gasteiger partial charge in [-0.3, -0.25) is 0 Å². The number of terminal acetylenes is 1. The quantitative estimate of drug-likeness (QED) is 0.618. The van der Waals surface area contributed by atoms with Crippen LogP contribution in [0.3, 0.4) is 0 Å². The summed E-state index contributed by atoms with van der Waals surface area (Å²) in [4.78, 5) is 0. The van der Waals surface area contributed by atoms with Gasteiger partial charge in [0.05, 0.1) is 0 Å². The summed E-state index contributed by atoms with van der Waals surface area (Å²) in [5, 5.41) is 0. The first-order valence-electron chi connectivity index (χ1n) is 3.34. The molecule has 0 saturated heterocycles. The molecule has 3 heteroatoms. The van der Waals surface area contributed by atoms with Crippen LogP contribution in [0.5, 0.6) is 5.75 Å². The van der Waals surface area contributed by atoms with Gasteiger partial charge in [-0.1, -0.05) is 21.9 Å². The molecule has 0 bridgehead atoms. The Hall–Kier alpha value is -1.14. The molecule has 62 valence electrons. The van der Waals surface area contributed by atoms with E-state index in [1.165, 1.54) is 0 Å². The lowest BCUT2D eigenvalue weighted by Crippen LogP contribution is -1.94. The smallest absolute Gasteiger partial charge is 0.148 e. The molecule has 0 heterocycles. The first-order valence-corrected chi connectivity index (χ1v) is 4.14. The number of hydrogen-bond acceptors (Lipinski definition) is 2. The predicted molar refractivity (Wildman–Crippen MR) is 52.9 cm³/mol. The third-order valence-corrected chi connectivity index (χ3v) is 1.67. The average Bonchev–Trinajstić information content (AvgIpc) is 1.99. The lowest BCUT2D eigenvalue weighted by molar-refractivity contribution is 0.370. The highest BCUT2D eigenvalue weighted by molar-refractivity contribution is 9.10. The molecule has 0 unspecified atom stereocenters. The topological polar surface area (TPSA) is 35.2 Å². The van der Waals surface area contributed by atoms with E-state index >= 15 is 0 Å². The van der Waals surface area contributed by atoms with E-state index < -0.39 is 0 Å². The molecule has 0 radical (unpaired) electrons. The number of halogens is 1. The van der Waals surface area contributed by atoms with E-state index in [-0.39, 0.29) is 6.61 Å².